The molecule has 0 aromatic carbocycles. The first kappa shape index (κ1) is 13.6. The molecule has 18 heavy (non-hydrogen) atoms. The first-order valence-corrected chi connectivity index (χ1v) is 7.77. The number of rotatable bonds is 4. The lowest BCUT2D eigenvalue weighted by Crippen LogP contribution is -2.39. The summed E-state index contributed by atoms with van der Waals surface area (Å²) < 4.78 is 32.0. The molecular weight excluding hydrogens is 252 g/mol. The van der Waals surface area contributed by atoms with Crippen molar-refractivity contribution < 1.29 is 12.8 Å². The number of furan rings is 1. The molecule has 1 aliphatic rings. The second kappa shape index (κ2) is 5.03. The Hall–Kier alpha value is -0.850. The maximum Gasteiger partial charge on any atom is 0.276 e. The van der Waals surface area contributed by atoms with E-state index in [1.165, 1.54) is 6.07 Å². The average Bonchev–Trinajstić information content (AvgIpc) is 2.95. The Morgan fingerprint density at radius 3 is 2.72 bits per heavy atom. The first-order valence-electron chi connectivity index (χ1n) is 6.33. The van der Waals surface area contributed by atoms with Crippen molar-refractivity contribution >= 4 is 10.0 Å². The van der Waals surface area contributed by atoms with Gasteiger partial charge in [0.05, 0.1) is 6.54 Å². The monoisotopic (exact) mass is 272 g/mol. The molecule has 0 aliphatic carbocycles. The molecule has 1 saturated heterocycles. The third kappa shape index (κ3) is 2.20. The second-order valence-corrected chi connectivity index (χ2v) is 6.52. The molecule has 0 spiro atoms. The molecule has 6 heteroatoms. The lowest BCUT2D eigenvalue weighted by molar-refractivity contribution is 0.311. The van der Waals surface area contributed by atoms with E-state index in [4.69, 9.17) is 10.2 Å². The largest absolute Gasteiger partial charge is 0.447 e. The molecular formula is C12H20N2O3S. The van der Waals surface area contributed by atoms with Crippen molar-refractivity contribution in [3.8, 4) is 0 Å². The van der Waals surface area contributed by atoms with Gasteiger partial charge in [-0.15, -0.1) is 0 Å². The van der Waals surface area contributed by atoms with Gasteiger partial charge in [-0.25, -0.2) is 8.42 Å². The molecule has 2 N–H and O–H groups in total. The van der Waals surface area contributed by atoms with Gasteiger partial charge in [-0.3, -0.25) is 0 Å². The molecule has 0 radical (unpaired) electrons. The molecule has 1 aromatic rings. The van der Waals surface area contributed by atoms with Crippen molar-refractivity contribution in [2.45, 2.75) is 56.8 Å². The van der Waals surface area contributed by atoms with Crippen LogP contribution >= 0.6 is 0 Å². The van der Waals surface area contributed by atoms with Crippen LogP contribution in [0.2, 0.25) is 0 Å². The minimum atomic E-state index is -3.53. The molecule has 2 rings (SSSR count). The van der Waals surface area contributed by atoms with Gasteiger partial charge in [0, 0.05) is 12.1 Å². The standard InChI is InChI=1S/C12H20N2O3S/c1-3-10-5-4-9(2)14(10)18(15,16)12-7-6-11(8-13)17-12/h6-7,9-10H,3-5,8,13H2,1-2H3. The van der Waals surface area contributed by atoms with Gasteiger partial charge in [0.1, 0.15) is 5.76 Å². The molecule has 2 unspecified atom stereocenters. The Bertz CT molecular complexity index is 509. The van der Waals surface area contributed by atoms with E-state index < -0.39 is 10.0 Å². The van der Waals surface area contributed by atoms with Gasteiger partial charge >= 0.3 is 0 Å². The molecule has 0 saturated carbocycles. The van der Waals surface area contributed by atoms with E-state index in [1.807, 2.05) is 13.8 Å². The van der Waals surface area contributed by atoms with Gasteiger partial charge in [-0.2, -0.15) is 4.31 Å². The van der Waals surface area contributed by atoms with Crippen LogP contribution in [0.4, 0.5) is 0 Å². The van der Waals surface area contributed by atoms with Gasteiger partial charge in [-0.05, 0) is 38.3 Å². The Kier molecular flexibility index (Phi) is 3.79. The van der Waals surface area contributed by atoms with Crippen LogP contribution in [-0.4, -0.2) is 24.8 Å². The number of hydrogen-bond acceptors (Lipinski definition) is 4. The van der Waals surface area contributed by atoms with Crippen molar-refractivity contribution in [2.24, 2.45) is 5.73 Å². The van der Waals surface area contributed by atoms with Crippen LogP contribution < -0.4 is 5.73 Å². The predicted molar refractivity (Wildman–Crippen MR) is 68.4 cm³/mol. The smallest absolute Gasteiger partial charge is 0.276 e. The fourth-order valence-electron chi connectivity index (χ4n) is 2.58. The highest BCUT2D eigenvalue weighted by atomic mass is 32.2. The van der Waals surface area contributed by atoms with Gasteiger partial charge in [-0.1, -0.05) is 6.92 Å². The number of nitrogens with zero attached hydrogens (tertiary/aromatic N) is 1. The van der Waals surface area contributed by atoms with E-state index in [2.05, 4.69) is 0 Å². The van der Waals surface area contributed by atoms with E-state index in [1.54, 1.807) is 10.4 Å². The minimum absolute atomic E-state index is 0.00940. The fourth-order valence-corrected chi connectivity index (χ4v) is 4.46. The summed E-state index contributed by atoms with van der Waals surface area (Å²) in [6, 6.07) is 3.23. The maximum absolute atomic E-state index is 12.5. The van der Waals surface area contributed by atoms with Gasteiger partial charge in [0.15, 0.2) is 0 Å². The third-order valence-corrected chi connectivity index (χ3v) is 5.49. The van der Waals surface area contributed by atoms with Crippen LogP contribution in [0, 0.1) is 0 Å². The zero-order valence-corrected chi connectivity index (χ0v) is 11.6. The van der Waals surface area contributed by atoms with Crippen LogP contribution in [0.15, 0.2) is 21.6 Å². The van der Waals surface area contributed by atoms with Gasteiger partial charge in [0.25, 0.3) is 10.0 Å². The summed E-state index contributed by atoms with van der Waals surface area (Å²) in [5.74, 6) is 0.494. The van der Waals surface area contributed by atoms with Crippen molar-refractivity contribution in [1.82, 2.24) is 4.31 Å². The van der Waals surface area contributed by atoms with Crippen LogP contribution in [0.1, 0.15) is 38.9 Å². The van der Waals surface area contributed by atoms with Crippen molar-refractivity contribution in [3.63, 3.8) is 0 Å². The fraction of sp³-hybridized carbons (Fsp3) is 0.667. The Labute approximate surface area is 108 Å². The lowest BCUT2D eigenvalue weighted by atomic mass is 10.2. The van der Waals surface area contributed by atoms with Crippen LogP contribution in [0.25, 0.3) is 0 Å². The quantitative estimate of drug-likeness (QED) is 0.905. The first-order chi connectivity index (χ1) is 8.50. The lowest BCUT2D eigenvalue weighted by Gasteiger charge is -2.25. The van der Waals surface area contributed by atoms with Gasteiger partial charge < -0.3 is 10.2 Å². The normalized spacial score (nSPS) is 25.7. The maximum atomic E-state index is 12.5. The molecule has 102 valence electrons. The summed E-state index contributed by atoms with van der Waals surface area (Å²) >= 11 is 0. The van der Waals surface area contributed by atoms with Crippen LogP contribution in [0.5, 0.6) is 0 Å². The second-order valence-electron chi connectivity index (χ2n) is 4.75. The van der Waals surface area contributed by atoms with E-state index >= 15 is 0 Å². The highest BCUT2D eigenvalue weighted by Crippen LogP contribution is 2.32. The van der Waals surface area contributed by atoms with Gasteiger partial charge in [0.2, 0.25) is 5.09 Å². The molecule has 1 aromatic heterocycles. The third-order valence-electron chi connectivity index (χ3n) is 3.55. The van der Waals surface area contributed by atoms with Crippen LogP contribution in [-0.2, 0) is 16.6 Å². The number of sulfonamides is 1. The molecule has 1 aliphatic heterocycles. The van der Waals surface area contributed by atoms with E-state index in [0.717, 1.165) is 19.3 Å². The zero-order valence-electron chi connectivity index (χ0n) is 10.8. The summed E-state index contributed by atoms with van der Waals surface area (Å²) in [7, 11) is -3.53. The highest BCUT2D eigenvalue weighted by Gasteiger charge is 2.40. The molecule has 5 nitrogen and oxygen atoms in total. The Balaban J connectivity index is 2.35. The highest BCUT2D eigenvalue weighted by molar-refractivity contribution is 7.89. The minimum Gasteiger partial charge on any atom is -0.447 e. The van der Waals surface area contributed by atoms with Crippen molar-refractivity contribution in [1.29, 1.82) is 0 Å². The SMILES string of the molecule is CCC1CCC(C)N1S(=O)(=O)c1ccc(CN)o1. The summed E-state index contributed by atoms with van der Waals surface area (Å²) in [6.45, 7) is 4.17. The molecule has 2 atom stereocenters. The molecule has 0 amide bonds. The predicted octanol–water partition coefficient (Wildman–Crippen LogP) is 1.69. The van der Waals surface area contributed by atoms with Crippen LogP contribution in [0.3, 0.4) is 0 Å². The van der Waals surface area contributed by atoms with E-state index in [-0.39, 0.29) is 23.7 Å². The number of hydrogen-bond donors (Lipinski definition) is 1. The summed E-state index contributed by atoms with van der Waals surface area (Å²) in [4.78, 5) is 0. The van der Waals surface area contributed by atoms with Crippen molar-refractivity contribution in [3.05, 3.63) is 17.9 Å². The topological polar surface area (TPSA) is 76.5 Å². The van der Waals surface area contributed by atoms with E-state index in [0.29, 0.717) is 5.76 Å². The Morgan fingerprint density at radius 1 is 1.44 bits per heavy atom. The molecule has 0 bridgehead atoms. The summed E-state index contributed by atoms with van der Waals surface area (Å²) in [6.07, 6.45) is 2.65. The Morgan fingerprint density at radius 2 is 2.17 bits per heavy atom. The number of nitrogens with two attached hydrogens (primary N) is 1. The molecule has 1 fully saturated rings. The molecule has 2 heterocycles. The van der Waals surface area contributed by atoms with E-state index in [9.17, 15) is 8.42 Å². The zero-order chi connectivity index (χ0) is 13.3. The van der Waals surface area contributed by atoms with Crippen molar-refractivity contribution in [2.75, 3.05) is 0 Å². The summed E-state index contributed by atoms with van der Waals surface area (Å²) in [5.41, 5.74) is 5.44. The average molecular weight is 272 g/mol. The summed E-state index contributed by atoms with van der Waals surface area (Å²) in [5, 5.41) is 0.00940.